The van der Waals surface area contributed by atoms with Gasteiger partial charge in [-0.3, -0.25) is 0 Å². The summed E-state index contributed by atoms with van der Waals surface area (Å²) in [5.74, 6) is 0.601. The molecule has 3 aliphatic heterocycles. The Balaban J connectivity index is 1.64. The Morgan fingerprint density at radius 1 is 0.941 bits per heavy atom. The Bertz CT molecular complexity index is 260. The van der Waals surface area contributed by atoms with E-state index in [0.717, 1.165) is 39.6 Å². The van der Waals surface area contributed by atoms with Crippen LogP contribution in [0.2, 0.25) is 17.6 Å². The Morgan fingerprint density at radius 3 is 1.71 bits per heavy atom. The smallest absolute Gasteiger partial charge is 0.205 e. The average Bonchev–Trinajstić information content (AvgIpc) is 1.89. The zero-order valence-electron chi connectivity index (χ0n) is 10.7. The van der Waals surface area contributed by atoms with Crippen LogP contribution in [0.25, 0.3) is 0 Å². The van der Waals surface area contributed by atoms with Crippen LogP contribution in [-0.4, -0.2) is 54.1 Å². The fraction of sp³-hybridized carbons (Fsp3) is 1.00. The van der Waals surface area contributed by atoms with E-state index < -0.39 is 8.32 Å². The average molecular weight is 258 g/mol. The Labute approximate surface area is 104 Å². The van der Waals surface area contributed by atoms with Gasteiger partial charge in [0, 0.05) is 23.1 Å². The molecule has 3 saturated heterocycles. The van der Waals surface area contributed by atoms with E-state index in [0.29, 0.717) is 23.1 Å². The highest BCUT2D eigenvalue weighted by Crippen LogP contribution is 2.43. The van der Waals surface area contributed by atoms with Crippen molar-refractivity contribution >= 4 is 8.32 Å². The van der Waals surface area contributed by atoms with Crippen molar-refractivity contribution in [1.29, 1.82) is 0 Å². The lowest BCUT2D eigenvalue weighted by molar-refractivity contribution is -0.0873. The molecule has 3 fully saturated rings. The zero-order chi connectivity index (χ0) is 11.9. The van der Waals surface area contributed by atoms with Crippen LogP contribution in [0.15, 0.2) is 0 Å². The molecule has 1 atom stereocenters. The van der Waals surface area contributed by atoms with Gasteiger partial charge in [0.25, 0.3) is 0 Å². The van der Waals surface area contributed by atoms with Crippen molar-refractivity contribution in [1.82, 2.24) is 0 Å². The minimum Gasteiger partial charge on any atom is -0.413 e. The molecule has 0 bridgehead atoms. The Hall–Kier alpha value is 0.0569. The minimum absolute atomic E-state index is 0.335. The maximum Gasteiger partial charge on any atom is 0.205 e. The first kappa shape index (κ1) is 12.1. The summed E-state index contributed by atoms with van der Waals surface area (Å²) in [7, 11) is -1.70. The predicted molar refractivity (Wildman–Crippen MR) is 65.6 cm³/mol. The molecule has 0 N–H and O–H groups in total. The van der Waals surface area contributed by atoms with Gasteiger partial charge in [0.1, 0.15) is 0 Å². The number of rotatable bonds is 5. The summed E-state index contributed by atoms with van der Waals surface area (Å²) in [5.41, 5.74) is 1.33. The fourth-order valence-corrected chi connectivity index (χ4v) is 6.52. The molecule has 0 aliphatic carbocycles. The van der Waals surface area contributed by atoms with E-state index in [1.165, 1.54) is 0 Å². The summed E-state index contributed by atoms with van der Waals surface area (Å²) in [6, 6.07) is 0. The van der Waals surface area contributed by atoms with Crippen molar-refractivity contribution in [3.05, 3.63) is 0 Å². The first-order chi connectivity index (χ1) is 8.20. The largest absolute Gasteiger partial charge is 0.413 e. The second-order valence-corrected chi connectivity index (χ2v) is 10.0. The van der Waals surface area contributed by atoms with Crippen LogP contribution in [0, 0.1) is 5.92 Å². The van der Waals surface area contributed by atoms with Crippen LogP contribution in [0.5, 0.6) is 0 Å². The molecule has 1 unspecified atom stereocenters. The van der Waals surface area contributed by atoms with Crippen molar-refractivity contribution in [2.75, 3.05) is 39.6 Å². The molecule has 0 saturated carbocycles. The van der Waals surface area contributed by atoms with Gasteiger partial charge in [-0.25, -0.2) is 0 Å². The summed E-state index contributed by atoms with van der Waals surface area (Å²) < 4.78 is 22.5. The van der Waals surface area contributed by atoms with Gasteiger partial charge in [-0.1, -0.05) is 0 Å². The van der Waals surface area contributed by atoms with E-state index in [1.807, 2.05) is 0 Å². The zero-order valence-corrected chi connectivity index (χ0v) is 11.7. The van der Waals surface area contributed by atoms with Crippen LogP contribution in [0.4, 0.5) is 0 Å². The van der Waals surface area contributed by atoms with Crippen LogP contribution >= 0.6 is 0 Å². The van der Waals surface area contributed by atoms with E-state index in [1.54, 1.807) is 0 Å². The molecule has 17 heavy (non-hydrogen) atoms. The summed E-state index contributed by atoms with van der Waals surface area (Å²) >= 11 is 0. The summed E-state index contributed by atoms with van der Waals surface area (Å²) in [5, 5.41) is 0. The third kappa shape index (κ3) is 2.08. The van der Waals surface area contributed by atoms with Gasteiger partial charge in [0.15, 0.2) is 0 Å². The van der Waals surface area contributed by atoms with E-state index in [9.17, 15) is 0 Å². The standard InChI is InChI=1S/C12H22O4Si/c1-9(10-3-13-4-10)16-17(2,11-5-14-6-11)12-7-15-8-12/h9-12H,3-8H2,1-2H3. The maximum absolute atomic E-state index is 6.55. The van der Waals surface area contributed by atoms with Gasteiger partial charge in [0.2, 0.25) is 8.32 Å². The van der Waals surface area contributed by atoms with Crippen molar-refractivity contribution in [2.24, 2.45) is 5.92 Å². The molecule has 4 nitrogen and oxygen atoms in total. The molecule has 0 aromatic rings. The number of hydrogen-bond donors (Lipinski definition) is 0. The van der Waals surface area contributed by atoms with Gasteiger partial charge in [-0.2, -0.15) is 0 Å². The lowest BCUT2D eigenvalue weighted by Crippen LogP contribution is -2.59. The lowest BCUT2D eigenvalue weighted by atomic mass is 10.0. The van der Waals surface area contributed by atoms with Crippen molar-refractivity contribution < 1.29 is 18.6 Å². The molecule has 0 radical (unpaired) electrons. The van der Waals surface area contributed by atoms with Gasteiger partial charge in [-0.15, -0.1) is 0 Å². The number of hydrogen-bond acceptors (Lipinski definition) is 4. The molecule has 0 amide bonds. The predicted octanol–water partition coefficient (Wildman–Crippen LogP) is 1.41. The first-order valence-electron chi connectivity index (χ1n) is 6.61. The first-order valence-corrected chi connectivity index (χ1v) is 9.17. The normalized spacial score (nSPS) is 29.3. The second kappa shape index (κ2) is 4.62. The maximum atomic E-state index is 6.55. The molecule has 0 spiro atoms. The van der Waals surface area contributed by atoms with Crippen molar-refractivity contribution in [2.45, 2.75) is 30.7 Å². The molecule has 5 heteroatoms. The highest BCUT2D eigenvalue weighted by molar-refractivity contribution is 6.76. The van der Waals surface area contributed by atoms with Crippen molar-refractivity contribution in [3.63, 3.8) is 0 Å². The third-order valence-corrected chi connectivity index (χ3v) is 9.45. The van der Waals surface area contributed by atoms with Crippen LogP contribution in [0.1, 0.15) is 6.92 Å². The summed E-state index contributed by atoms with van der Waals surface area (Å²) in [6.07, 6.45) is 0.335. The Kier molecular flexibility index (Phi) is 3.29. The van der Waals surface area contributed by atoms with Crippen LogP contribution in [0.3, 0.4) is 0 Å². The van der Waals surface area contributed by atoms with Crippen molar-refractivity contribution in [3.8, 4) is 0 Å². The monoisotopic (exact) mass is 258 g/mol. The van der Waals surface area contributed by atoms with E-state index >= 15 is 0 Å². The topological polar surface area (TPSA) is 36.9 Å². The minimum atomic E-state index is -1.70. The molecular weight excluding hydrogens is 236 g/mol. The lowest BCUT2D eigenvalue weighted by Gasteiger charge is -2.50. The quantitative estimate of drug-likeness (QED) is 0.699. The summed E-state index contributed by atoms with van der Waals surface area (Å²) in [4.78, 5) is 0. The molecule has 3 aliphatic rings. The SMILES string of the molecule is CC(O[Si](C)(C1COC1)C1COC1)C1COC1. The van der Waals surface area contributed by atoms with E-state index in [2.05, 4.69) is 13.5 Å². The van der Waals surface area contributed by atoms with E-state index in [-0.39, 0.29) is 0 Å². The molecular formula is C12H22O4Si. The molecule has 3 heterocycles. The Morgan fingerprint density at radius 2 is 1.41 bits per heavy atom. The van der Waals surface area contributed by atoms with Gasteiger partial charge < -0.3 is 18.6 Å². The highest BCUT2D eigenvalue weighted by atomic mass is 28.4. The highest BCUT2D eigenvalue weighted by Gasteiger charge is 2.53. The van der Waals surface area contributed by atoms with E-state index in [4.69, 9.17) is 18.6 Å². The third-order valence-electron chi connectivity index (χ3n) is 4.66. The van der Waals surface area contributed by atoms with Gasteiger partial charge in [0.05, 0.1) is 39.6 Å². The fourth-order valence-electron chi connectivity index (χ4n) is 2.68. The second-order valence-electron chi connectivity index (χ2n) is 5.77. The molecule has 0 aromatic heterocycles. The molecule has 98 valence electrons. The van der Waals surface area contributed by atoms with Crippen LogP contribution in [-0.2, 0) is 18.6 Å². The van der Waals surface area contributed by atoms with Gasteiger partial charge >= 0.3 is 0 Å². The molecule has 3 rings (SSSR count). The van der Waals surface area contributed by atoms with Crippen LogP contribution < -0.4 is 0 Å². The summed E-state index contributed by atoms with van der Waals surface area (Å²) in [6.45, 7) is 9.91. The molecule has 0 aromatic carbocycles. The number of ether oxygens (including phenoxy) is 3. The van der Waals surface area contributed by atoms with Gasteiger partial charge in [-0.05, 0) is 13.5 Å².